The lowest BCUT2D eigenvalue weighted by atomic mass is 9.97. The van der Waals surface area contributed by atoms with Crippen LogP contribution >= 0.6 is 0 Å². The van der Waals surface area contributed by atoms with E-state index in [2.05, 4.69) is 16.8 Å². The van der Waals surface area contributed by atoms with E-state index >= 15 is 0 Å². The molecule has 0 bridgehead atoms. The molecule has 3 rings (SSSR count). The van der Waals surface area contributed by atoms with Gasteiger partial charge in [0.05, 0.1) is 18.6 Å². The summed E-state index contributed by atoms with van der Waals surface area (Å²) in [4.78, 5) is 20.4. The number of hydrogen-bond donors (Lipinski definition) is 0. The van der Waals surface area contributed by atoms with Crippen molar-refractivity contribution < 1.29 is 18.5 Å². The summed E-state index contributed by atoms with van der Waals surface area (Å²) in [7, 11) is 4.33. The first kappa shape index (κ1) is 27.1. The number of methoxy groups -OCH3 is 1. The number of hydrogen-bond acceptors (Lipinski definition) is 6. The molecule has 0 radical (unpaired) electrons. The fourth-order valence-electron chi connectivity index (χ4n) is 4.82. The molecular formula is C25H42N4O4S. The van der Waals surface area contributed by atoms with Crippen molar-refractivity contribution in [3.63, 3.8) is 0 Å². The molecule has 2 fully saturated rings. The van der Waals surface area contributed by atoms with Gasteiger partial charge in [0, 0.05) is 59.4 Å². The van der Waals surface area contributed by atoms with Crippen LogP contribution in [0.1, 0.15) is 24.0 Å². The van der Waals surface area contributed by atoms with Gasteiger partial charge in [-0.1, -0.05) is 0 Å². The molecule has 1 aromatic carbocycles. The predicted molar refractivity (Wildman–Crippen MR) is 136 cm³/mol. The molecule has 1 amide bonds. The second-order valence-corrected chi connectivity index (χ2v) is 11.2. The minimum Gasteiger partial charge on any atom is -0.497 e. The van der Waals surface area contributed by atoms with E-state index in [0.717, 1.165) is 74.0 Å². The van der Waals surface area contributed by atoms with E-state index in [9.17, 15) is 9.00 Å². The van der Waals surface area contributed by atoms with Gasteiger partial charge in [-0.05, 0) is 62.9 Å². The van der Waals surface area contributed by atoms with E-state index in [1.54, 1.807) is 11.4 Å². The summed E-state index contributed by atoms with van der Waals surface area (Å²) in [5, 5.41) is 0. The summed E-state index contributed by atoms with van der Waals surface area (Å²) in [6, 6.07) is 3.80. The Morgan fingerprint density at radius 3 is 2.47 bits per heavy atom. The maximum absolute atomic E-state index is 13.0. The van der Waals surface area contributed by atoms with Gasteiger partial charge in [-0.15, -0.1) is 0 Å². The van der Waals surface area contributed by atoms with Crippen LogP contribution in [0.4, 0.5) is 0 Å². The summed E-state index contributed by atoms with van der Waals surface area (Å²) in [5.41, 5.74) is 1.88. The number of aryl methyl sites for hydroxylation is 2. The van der Waals surface area contributed by atoms with Crippen molar-refractivity contribution in [1.82, 2.24) is 19.0 Å². The van der Waals surface area contributed by atoms with Crippen molar-refractivity contribution >= 4 is 16.9 Å². The average molecular weight is 495 g/mol. The molecular weight excluding hydrogens is 452 g/mol. The molecule has 1 unspecified atom stereocenters. The van der Waals surface area contributed by atoms with Crippen LogP contribution in [0.2, 0.25) is 0 Å². The van der Waals surface area contributed by atoms with E-state index in [-0.39, 0.29) is 12.5 Å². The molecule has 192 valence electrons. The van der Waals surface area contributed by atoms with E-state index in [1.165, 1.54) is 6.42 Å². The second kappa shape index (κ2) is 13.0. The third-order valence-corrected chi connectivity index (χ3v) is 8.63. The van der Waals surface area contributed by atoms with Crippen LogP contribution in [0, 0.1) is 19.8 Å². The van der Waals surface area contributed by atoms with Crippen molar-refractivity contribution in [1.29, 1.82) is 0 Å². The van der Waals surface area contributed by atoms with Gasteiger partial charge in [-0.3, -0.25) is 4.79 Å². The Kier molecular flexibility index (Phi) is 10.3. The first-order valence-corrected chi connectivity index (χ1v) is 13.4. The van der Waals surface area contributed by atoms with Crippen LogP contribution in [0.15, 0.2) is 17.0 Å². The molecule has 2 atom stereocenters. The van der Waals surface area contributed by atoms with Gasteiger partial charge in [0.2, 0.25) is 5.91 Å². The van der Waals surface area contributed by atoms with Crippen LogP contribution in [0.25, 0.3) is 0 Å². The van der Waals surface area contributed by atoms with Gasteiger partial charge >= 0.3 is 0 Å². The standard InChI is InChI=1S/C25H42N4O4S/c1-20-15-23(32-5)16-21(2)25(20)34(31)27(4)13-14-33-19-24(30)29-8-6-7-22(18-29)17-28-11-9-26(3)10-12-28/h15-16,22H,6-14,17-19H2,1-5H3/t22-,34?/m0/s1. The smallest absolute Gasteiger partial charge is 0.248 e. The number of amides is 1. The molecule has 9 heteroatoms. The lowest BCUT2D eigenvalue weighted by Crippen LogP contribution is -2.49. The van der Waals surface area contributed by atoms with Gasteiger partial charge in [0.15, 0.2) is 0 Å². The number of piperazine rings is 1. The largest absolute Gasteiger partial charge is 0.497 e. The maximum atomic E-state index is 13.0. The highest BCUT2D eigenvalue weighted by atomic mass is 32.2. The van der Waals surface area contributed by atoms with Gasteiger partial charge < -0.3 is 24.2 Å². The fourth-order valence-corrected chi connectivity index (χ4v) is 6.04. The van der Waals surface area contributed by atoms with Crippen molar-refractivity contribution in [3.8, 4) is 5.75 Å². The van der Waals surface area contributed by atoms with Crippen molar-refractivity contribution in [3.05, 3.63) is 23.3 Å². The molecule has 2 heterocycles. The van der Waals surface area contributed by atoms with Crippen LogP contribution in [-0.4, -0.2) is 116 Å². The highest BCUT2D eigenvalue weighted by Gasteiger charge is 2.26. The molecule has 2 saturated heterocycles. The van der Waals surface area contributed by atoms with Crippen LogP contribution in [0.5, 0.6) is 5.75 Å². The number of piperidine rings is 1. The molecule has 0 aromatic heterocycles. The molecule has 0 spiro atoms. The zero-order valence-electron chi connectivity index (χ0n) is 21.5. The summed E-state index contributed by atoms with van der Waals surface area (Å²) in [6.07, 6.45) is 2.25. The topological polar surface area (TPSA) is 65.6 Å². The lowest BCUT2D eigenvalue weighted by molar-refractivity contribution is -0.138. The minimum atomic E-state index is -1.30. The Hall–Kier alpha value is -1.52. The number of likely N-dealkylation sites (tertiary alicyclic amines) is 1. The summed E-state index contributed by atoms with van der Waals surface area (Å²) in [5.74, 6) is 1.38. The number of nitrogens with zero attached hydrogens (tertiary/aromatic N) is 4. The first-order chi connectivity index (χ1) is 16.3. The number of carbonyl (C=O) groups excluding carboxylic acids is 1. The van der Waals surface area contributed by atoms with E-state index in [4.69, 9.17) is 9.47 Å². The van der Waals surface area contributed by atoms with Crippen molar-refractivity contribution in [2.75, 3.05) is 86.8 Å². The molecule has 34 heavy (non-hydrogen) atoms. The Morgan fingerprint density at radius 2 is 1.82 bits per heavy atom. The van der Waals surface area contributed by atoms with Gasteiger partial charge in [-0.25, -0.2) is 8.51 Å². The molecule has 1 aromatic rings. The van der Waals surface area contributed by atoms with E-state index in [0.29, 0.717) is 19.1 Å². The molecule has 2 aliphatic rings. The average Bonchev–Trinajstić information content (AvgIpc) is 2.82. The molecule has 8 nitrogen and oxygen atoms in total. The number of benzene rings is 1. The zero-order valence-corrected chi connectivity index (χ0v) is 22.4. The summed E-state index contributed by atoms with van der Waals surface area (Å²) >= 11 is 0. The van der Waals surface area contributed by atoms with Gasteiger partial charge in [-0.2, -0.15) is 0 Å². The number of likely N-dealkylation sites (N-methyl/N-ethyl adjacent to an activating group) is 2. The Bertz CT molecular complexity index is 821. The minimum absolute atomic E-state index is 0.0636. The van der Waals surface area contributed by atoms with Crippen LogP contribution < -0.4 is 4.74 Å². The highest BCUT2D eigenvalue weighted by Crippen LogP contribution is 2.25. The summed E-state index contributed by atoms with van der Waals surface area (Å²) in [6.45, 7) is 12.0. The highest BCUT2D eigenvalue weighted by molar-refractivity contribution is 7.82. The Labute approximate surface area is 207 Å². The van der Waals surface area contributed by atoms with Crippen LogP contribution in [-0.2, 0) is 20.5 Å². The Morgan fingerprint density at radius 1 is 1.15 bits per heavy atom. The number of carbonyl (C=O) groups is 1. The van der Waals surface area contributed by atoms with E-state index < -0.39 is 11.0 Å². The zero-order chi connectivity index (χ0) is 24.7. The fraction of sp³-hybridized carbons (Fsp3) is 0.720. The van der Waals surface area contributed by atoms with Gasteiger partial charge in [0.1, 0.15) is 23.3 Å². The number of rotatable bonds is 10. The second-order valence-electron chi connectivity index (χ2n) is 9.70. The summed E-state index contributed by atoms with van der Waals surface area (Å²) < 4.78 is 25.8. The third kappa shape index (κ3) is 7.49. The van der Waals surface area contributed by atoms with Crippen molar-refractivity contribution in [2.24, 2.45) is 5.92 Å². The predicted octanol–water partition coefficient (Wildman–Crippen LogP) is 1.77. The first-order valence-electron chi connectivity index (χ1n) is 12.3. The molecule has 0 N–H and O–H groups in total. The molecule has 0 aliphatic carbocycles. The van der Waals surface area contributed by atoms with Crippen molar-refractivity contribution in [2.45, 2.75) is 31.6 Å². The monoisotopic (exact) mass is 494 g/mol. The maximum Gasteiger partial charge on any atom is 0.248 e. The van der Waals surface area contributed by atoms with E-state index in [1.807, 2.05) is 37.9 Å². The quantitative estimate of drug-likeness (QED) is 0.462. The Balaban J connectivity index is 1.39. The molecule has 0 saturated carbocycles. The van der Waals surface area contributed by atoms with Gasteiger partial charge in [0.25, 0.3) is 0 Å². The van der Waals surface area contributed by atoms with Crippen LogP contribution in [0.3, 0.4) is 0 Å². The SMILES string of the molecule is COc1cc(C)c(S(=O)N(C)CCOCC(=O)N2CCC[C@@H](CN3CCN(C)CC3)C2)c(C)c1. The number of ether oxygens (including phenoxy) is 2. The normalized spacial score (nSPS) is 21.1. The molecule has 2 aliphatic heterocycles. The third-order valence-electron chi connectivity index (χ3n) is 6.89. The lowest BCUT2D eigenvalue weighted by Gasteiger charge is -2.38.